The van der Waals surface area contributed by atoms with Gasteiger partial charge in [0.05, 0.1) is 6.20 Å². The Kier molecular flexibility index (Phi) is 5.86. The summed E-state index contributed by atoms with van der Waals surface area (Å²) in [5.74, 6) is 1.33. The molecule has 2 heterocycles. The van der Waals surface area contributed by atoms with Gasteiger partial charge >= 0.3 is 0 Å². The summed E-state index contributed by atoms with van der Waals surface area (Å²) >= 11 is 6.15. The summed E-state index contributed by atoms with van der Waals surface area (Å²) in [7, 11) is 0. The Labute approximate surface area is 126 Å². The first kappa shape index (κ1) is 15.3. The molecule has 0 spiro atoms. The molecule has 6 heteroatoms. The van der Waals surface area contributed by atoms with E-state index in [1.807, 2.05) is 6.92 Å². The molecule has 0 saturated carbocycles. The second kappa shape index (κ2) is 7.64. The van der Waals surface area contributed by atoms with E-state index in [-0.39, 0.29) is 0 Å². The Morgan fingerprint density at radius 1 is 1.35 bits per heavy atom. The van der Waals surface area contributed by atoms with Crippen LogP contribution in [-0.2, 0) is 0 Å². The molecule has 1 atom stereocenters. The summed E-state index contributed by atoms with van der Waals surface area (Å²) < 4.78 is 0. The third-order valence-corrected chi connectivity index (χ3v) is 3.72. The summed E-state index contributed by atoms with van der Waals surface area (Å²) in [4.78, 5) is 11.1. The van der Waals surface area contributed by atoms with Crippen molar-refractivity contribution in [3.8, 4) is 0 Å². The van der Waals surface area contributed by atoms with Crippen molar-refractivity contribution in [3.63, 3.8) is 0 Å². The number of halogens is 1. The number of nitrogens with zero attached hydrogens (tertiary/aromatic N) is 3. The van der Waals surface area contributed by atoms with Crippen molar-refractivity contribution in [2.45, 2.75) is 39.2 Å². The molecule has 0 aliphatic carbocycles. The maximum atomic E-state index is 6.15. The van der Waals surface area contributed by atoms with Gasteiger partial charge in [0.25, 0.3) is 0 Å². The molecule has 1 unspecified atom stereocenters. The molecule has 0 aromatic carbocycles. The highest BCUT2D eigenvalue weighted by Crippen LogP contribution is 2.20. The van der Waals surface area contributed by atoms with Crippen LogP contribution in [-0.4, -0.2) is 47.1 Å². The molecule has 5 nitrogen and oxygen atoms in total. The van der Waals surface area contributed by atoms with E-state index in [1.54, 1.807) is 6.20 Å². The molecule has 1 aliphatic rings. The fourth-order valence-corrected chi connectivity index (χ4v) is 2.67. The van der Waals surface area contributed by atoms with E-state index in [1.165, 1.54) is 32.4 Å². The van der Waals surface area contributed by atoms with E-state index in [0.717, 1.165) is 13.1 Å². The fraction of sp³-hybridized carbons (Fsp3) is 0.714. The topological polar surface area (TPSA) is 53.1 Å². The lowest BCUT2D eigenvalue weighted by molar-refractivity contribution is 0.223. The molecule has 1 aromatic heterocycles. The lowest BCUT2D eigenvalue weighted by atomic mass is 10.1. The second-order valence-corrected chi connectivity index (χ2v) is 5.73. The van der Waals surface area contributed by atoms with E-state index in [9.17, 15) is 0 Å². The summed E-state index contributed by atoms with van der Waals surface area (Å²) in [6.45, 7) is 8.41. The summed E-state index contributed by atoms with van der Waals surface area (Å²) in [5, 5.41) is 7.06. The smallest absolute Gasteiger partial charge is 0.224 e. The van der Waals surface area contributed by atoms with E-state index in [0.29, 0.717) is 22.8 Å². The lowest BCUT2D eigenvalue weighted by Gasteiger charge is -2.29. The maximum absolute atomic E-state index is 6.15. The standard InChI is InChI=1S/C14H24ClN5/c1-3-16-14-17-9-12(15)13(19-14)18-11(2)10-20-7-5-4-6-8-20/h9,11H,3-8,10H2,1-2H3,(H2,16,17,18,19). The first-order valence-corrected chi connectivity index (χ1v) is 7.82. The van der Waals surface area contributed by atoms with Gasteiger partial charge in [-0.05, 0) is 39.8 Å². The highest BCUT2D eigenvalue weighted by Gasteiger charge is 2.15. The number of hydrogen-bond acceptors (Lipinski definition) is 5. The Balaban J connectivity index is 1.92. The van der Waals surface area contributed by atoms with Gasteiger partial charge in [0, 0.05) is 19.1 Å². The number of likely N-dealkylation sites (tertiary alicyclic amines) is 1. The Morgan fingerprint density at radius 3 is 2.80 bits per heavy atom. The Bertz CT molecular complexity index is 420. The predicted molar refractivity (Wildman–Crippen MR) is 84.6 cm³/mol. The van der Waals surface area contributed by atoms with Crippen LogP contribution in [0.15, 0.2) is 6.20 Å². The Hall–Kier alpha value is -1.07. The third kappa shape index (κ3) is 4.49. The van der Waals surface area contributed by atoms with E-state index >= 15 is 0 Å². The lowest BCUT2D eigenvalue weighted by Crippen LogP contribution is -2.38. The number of aromatic nitrogens is 2. The normalized spacial score (nSPS) is 17.8. The molecule has 20 heavy (non-hydrogen) atoms. The van der Waals surface area contributed by atoms with Crippen LogP contribution >= 0.6 is 11.6 Å². The van der Waals surface area contributed by atoms with E-state index in [2.05, 4.69) is 32.4 Å². The van der Waals surface area contributed by atoms with Gasteiger partial charge in [0.15, 0.2) is 5.82 Å². The van der Waals surface area contributed by atoms with Crippen LogP contribution in [0.4, 0.5) is 11.8 Å². The molecular weight excluding hydrogens is 274 g/mol. The molecule has 1 saturated heterocycles. The van der Waals surface area contributed by atoms with Crippen LogP contribution in [0.2, 0.25) is 5.02 Å². The van der Waals surface area contributed by atoms with Crippen LogP contribution in [0, 0.1) is 0 Å². The van der Waals surface area contributed by atoms with E-state index < -0.39 is 0 Å². The average molecular weight is 298 g/mol. The molecule has 1 aliphatic heterocycles. The third-order valence-electron chi connectivity index (χ3n) is 3.44. The highest BCUT2D eigenvalue weighted by atomic mass is 35.5. The maximum Gasteiger partial charge on any atom is 0.224 e. The second-order valence-electron chi connectivity index (χ2n) is 5.33. The van der Waals surface area contributed by atoms with Crippen molar-refractivity contribution in [3.05, 3.63) is 11.2 Å². The van der Waals surface area contributed by atoms with Gasteiger partial charge in [-0.2, -0.15) is 4.98 Å². The quantitative estimate of drug-likeness (QED) is 0.845. The van der Waals surface area contributed by atoms with Gasteiger partial charge in [0.1, 0.15) is 5.02 Å². The summed E-state index contributed by atoms with van der Waals surface area (Å²) in [6.07, 6.45) is 5.63. The van der Waals surface area contributed by atoms with Gasteiger partial charge in [-0.3, -0.25) is 0 Å². The zero-order chi connectivity index (χ0) is 14.4. The predicted octanol–water partition coefficient (Wildman–Crippen LogP) is 2.85. The number of hydrogen-bond donors (Lipinski definition) is 2. The fourth-order valence-electron chi connectivity index (χ4n) is 2.52. The van der Waals surface area contributed by atoms with Gasteiger partial charge in [0.2, 0.25) is 5.95 Å². The van der Waals surface area contributed by atoms with Crippen molar-refractivity contribution in [1.82, 2.24) is 14.9 Å². The van der Waals surface area contributed by atoms with Crippen LogP contribution in [0.3, 0.4) is 0 Å². The van der Waals surface area contributed by atoms with Crippen molar-refractivity contribution >= 4 is 23.4 Å². The van der Waals surface area contributed by atoms with Crippen LogP contribution < -0.4 is 10.6 Å². The molecule has 2 rings (SSSR count). The first-order valence-electron chi connectivity index (χ1n) is 7.44. The molecule has 0 bridgehead atoms. The van der Waals surface area contributed by atoms with Crippen molar-refractivity contribution in [2.24, 2.45) is 0 Å². The molecule has 1 aromatic rings. The number of anilines is 2. The monoisotopic (exact) mass is 297 g/mol. The van der Waals surface area contributed by atoms with Crippen molar-refractivity contribution < 1.29 is 0 Å². The molecule has 0 radical (unpaired) electrons. The van der Waals surface area contributed by atoms with Gasteiger partial charge in [-0.25, -0.2) is 4.98 Å². The van der Waals surface area contributed by atoms with Crippen molar-refractivity contribution in [1.29, 1.82) is 0 Å². The molecule has 0 amide bonds. The van der Waals surface area contributed by atoms with Gasteiger partial charge < -0.3 is 15.5 Å². The minimum absolute atomic E-state index is 0.315. The highest BCUT2D eigenvalue weighted by molar-refractivity contribution is 6.32. The first-order chi connectivity index (χ1) is 9.69. The minimum Gasteiger partial charge on any atom is -0.365 e. The number of piperidine rings is 1. The molecular formula is C14H24ClN5. The van der Waals surface area contributed by atoms with E-state index in [4.69, 9.17) is 11.6 Å². The number of rotatable bonds is 6. The van der Waals surface area contributed by atoms with Gasteiger partial charge in [-0.15, -0.1) is 0 Å². The molecule has 1 fully saturated rings. The van der Waals surface area contributed by atoms with Crippen LogP contribution in [0.1, 0.15) is 33.1 Å². The van der Waals surface area contributed by atoms with Crippen LogP contribution in [0.5, 0.6) is 0 Å². The average Bonchev–Trinajstić information content (AvgIpc) is 2.44. The molecule has 112 valence electrons. The Morgan fingerprint density at radius 2 is 2.10 bits per heavy atom. The summed E-state index contributed by atoms with van der Waals surface area (Å²) in [5.41, 5.74) is 0. The number of nitrogens with one attached hydrogen (secondary N) is 2. The SMILES string of the molecule is CCNc1ncc(Cl)c(NC(C)CN2CCCCC2)n1. The van der Waals surface area contributed by atoms with Crippen LogP contribution in [0.25, 0.3) is 0 Å². The summed E-state index contributed by atoms with van der Waals surface area (Å²) in [6, 6.07) is 0.315. The molecule has 2 N–H and O–H groups in total. The van der Waals surface area contributed by atoms with Crippen molar-refractivity contribution in [2.75, 3.05) is 36.8 Å². The zero-order valence-corrected chi connectivity index (χ0v) is 13.1. The largest absolute Gasteiger partial charge is 0.365 e. The van der Waals surface area contributed by atoms with Gasteiger partial charge in [-0.1, -0.05) is 18.0 Å². The zero-order valence-electron chi connectivity index (χ0n) is 12.3. The minimum atomic E-state index is 0.315.